The van der Waals surface area contributed by atoms with Gasteiger partial charge in [0.1, 0.15) is 5.75 Å². The molecule has 2 atom stereocenters. The quantitative estimate of drug-likeness (QED) is 0.154. The van der Waals surface area contributed by atoms with Crippen molar-refractivity contribution >= 4 is 41.3 Å². The molecule has 4 aromatic rings. The number of aryl methyl sites for hydroxylation is 1. The van der Waals surface area contributed by atoms with Crippen molar-refractivity contribution in [1.29, 1.82) is 0 Å². The molecular formula is C41H41N5O5. The molecule has 51 heavy (non-hydrogen) atoms. The number of nitrogens with zero attached hydrogens (tertiary/aromatic N) is 4. The number of carbonyl (C=O) groups is 2. The molecule has 4 aromatic carbocycles. The second-order valence-electron chi connectivity index (χ2n) is 13.7. The molecule has 0 aromatic heterocycles. The second-order valence-corrected chi connectivity index (χ2v) is 13.7. The van der Waals surface area contributed by atoms with Crippen LogP contribution in [0.15, 0.2) is 76.7 Å². The van der Waals surface area contributed by atoms with Crippen LogP contribution in [0.4, 0.5) is 17.1 Å². The van der Waals surface area contributed by atoms with Gasteiger partial charge in [-0.25, -0.2) is 0 Å². The van der Waals surface area contributed by atoms with Gasteiger partial charge in [-0.3, -0.25) is 19.6 Å². The Kier molecular flexibility index (Phi) is 8.67. The van der Waals surface area contributed by atoms with Crippen LogP contribution in [-0.4, -0.2) is 66.5 Å². The second kappa shape index (κ2) is 13.6. The first-order valence-electron chi connectivity index (χ1n) is 17.6. The van der Waals surface area contributed by atoms with Crippen LogP contribution in [0.1, 0.15) is 67.8 Å². The molecule has 0 radical (unpaired) electrons. The normalized spacial score (nSPS) is 18.4. The maximum Gasteiger partial charge on any atom is 0.257 e. The molecule has 0 saturated heterocycles. The van der Waals surface area contributed by atoms with E-state index in [0.29, 0.717) is 72.4 Å². The lowest BCUT2D eigenvalue weighted by Crippen LogP contribution is -2.44. The van der Waals surface area contributed by atoms with Crippen LogP contribution in [0.2, 0.25) is 0 Å². The number of carbonyl (C=O) groups excluding carboxylic acids is 2. The summed E-state index contributed by atoms with van der Waals surface area (Å²) < 4.78 is 18.0. The van der Waals surface area contributed by atoms with Crippen molar-refractivity contribution < 1.29 is 23.8 Å². The first-order chi connectivity index (χ1) is 24.9. The fraction of sp³-hybridized carbons (Fsp3) is 0.317. The van der Waals surface area contributed by atoms with Crippen LogP contribution >= 0.6 is 0 Å². The third-order valence-electron chi connectivity index (χ3n) is 10.3. The van der Waals surface area contributed by atoms with Gasteiger partial charge in [-0.05, 0) is 91.1 Å². The third kappa shape index (κ3) is 6.30. The predicted octanol–water partition coefficient (Wildman–Crippen LogP) is 6.78. The molecule has 10 nitrogen and oxygen atoms in total. The third-order valence-corrected chi connectivity index (χ3v) is 10.3. The standard InChI is InChI=1S/C41H41N5O5/c1-25-14-33-35(43-21-31-16-26-8-4-5-9-28(26)23-45(31)40(33)47)19-37(25)50-12-6-3-7-13-51-39-20-36-34(18-38(39)49-2)41(48)46-24-29-15-30(42)11-10-27(29)17-32(46)22-44-36/h4-5,8-11,14-15,18-22,31-32H,3,6-7,12-13,16-17,23-24,42H2,1-2H3/t31-,32-/m0/s1. The summed E-state index contributed by atoms with van der Waals surface area (Å²) in [5.41, 5.74) is 14.7. The van der Waals surface area contributed by atoms with E-state index in [0.717, 1.165) is 42.6 Å². The topological polar surface area (TPSA) is 119 Å². The summed E-state index contributed by atoms with van der Waals surface area (Å²) in [6.07, 6.45) is 7.76. The van der Waals surface area contributed by atoms with Gasteiger partial charge < -0.3 is 29.7 Å². The predicted molar refractivity (Wildman–Crippen MR) is 197 cm³/mol. The van der Waals surface area contributed by atoms with Crippen LogP contribution < -0.4 is 19.9 Å². The number of benzene rings is 4. The Morgan fingerprint density at radius 3 is 1.96 bits per heavy atom. The van der Waals surface area contributed by atoms with Crippen molar-refractivity contribution in [2.45, 2.75) is 64.2 Å². The van der Waals surface area contributed by atoms with Crippen LogP contribution in [0.25, 0.3) is 0 Å². The minimum absolute atomic E-state index is 0.00825. The van der Waals surface area contributed by atoms with E-state index >= 15 is 0 Å². The van der Waals surface area contributed by atoms with Crippen LogP contribution in [-0.2, 0) is 25.9 Å². The van der Waals surface area contributed by atoms with E-state index in [1.54, 1.807) is 19.2 Å². The molecule has 0 saturated carbocycles. The SMILES string of the molecule is COc1cc2c(cc1OCCCCCOc1cc3c(cc1C)C(=O)N1Cc4ccccc4C[C@H]1C=N3)N=C[C@@H]1Cc3ccc(N)cc3CN1C2=O. The number of fused-ring (bicyclic) bond motifs is 6. The van der Waals surface area contributed by atoms with Gasteiger partial charge in [0.2, 0.25) is 0 Å². The summed E-state index contributed by atoms with van der Waals surface area (Å²) in [5.74, 6) is 1.72. The number of hydrogen-bond donors (Lipinski definition) is 1. The Hall–Kier alpha value is -5.64. The highest BCUT2D eigenvalue weighted by Gasteiger charge is 2.34. The molecule has 2 N–H and O–H groups in total. The number of unbranched alkanes of at least 4 members (excludes halogenated alkanes) is 2. The molecule has 0 aliphatic carbocycles. The number of anilines is 1. The number of ether oxygens (including phenoxy) is 3. The van der Waals surface area contributed by atoms with Gasteiger partial charge in [-0.1, -0.05) is 30.3 Å². The van der Waals surface area contributed by atoms with E-state index in [-0.39, 0.29) is 23.9 Å². The summed E-state index contributed by atoms with van der Waals surface area (Å²) in [6.45, 7) is 4.06. The molecule has 4 heterocycles. The van der Waals surface area contributed by atoms with Gasteiger partial charge in [0.15, 0.2) is 11.5 Å². The Balaban J connectivity index is 0.854. The van der Waals surface area contributed by atoms with Crippen molar-refractivity contribution in [3.8, 4) is 17.2 Å². The average molecular weight is 684 g/mol. The molecule has 4 aliphatic heterocycles. The van der Waals surface area contributed by atoms with Crippen LogP contribution in [0, 0.1) is 6.92 Å². The van der Waals surface area contributed by atoms with E-state index in [1.807, 2.05) is 71.6 Å². The van der Waals surface area contributed by atoms with Crippen LogP contribution in [0.3, 0.4) is 0 Å². The molecule has 0 spiro atoms. The van der Waals surface area contributed by atoms with E-state index < -0.39 is 0 Å². The summed E-state index contributed by atoms with van der Waals surface area (Å²) in [6, 6.07) is 21.3. The highest BCUT2D eigenvalue weighted by atomic mass is 16.5. The molecule has 10 heteroatoms. The molecule has 0 unspecified atom stereocenters. The lowest BCUT2D eigenvalue weighted by atomic mass is 9.93. The van der Waals surface area contributed by atoms with E-state index in [4.69, 9.17) is 29.9 Å². The van der Waals surface area contributed by atoms with Crippen LogP contribution in [0.5, 0.6) is 17.2 Å². The fourth-order valence-corrected chi connectivity index (χ4v) is 7.48. The van der Waals surface area contributed by atoms with Crippen molar-refractivity contribution in [3.05, 3.63) is 106 Å². The highest BCUT2D eigenvalue weighted by molar-refractivity contribution is 6.04. The smallest absolute Gasteiger partial charge is 0.257 e. The largest absolute Gasteiger partial charge is 0.493 e. The molecule has 2 amide bonds. The first kappa shape index (κ1) is 32.6. The fourth-order valence-electron chi connectivity index (χ4n) is 7.48. The molecular weight excluding hydrogens is 642 g/mol. The lowest BCUT2D eigenvalue weighted by Gasteiger charge is -2.34. The average Bonchev–Trinajstić information content (AvgIpc) is 3.35. The number of amides is 2. The Bertz CT molecular complexity index is 2090. The monoisotopic (exact) mass is 683 g/mol. The minimum atomic E-state index is -0.135. The Labute approximate surface area is 297 Å². The van der Waals surface area contributed by atoms with Gasteiger partial charge in [0.05, 0.1) is 54.9 Å². The number of rotatable bonds is 9. The van der Waals surface area contributed by atoms with Crippen molar-refractivity contribution in [1.82, 2.24) is 9.80 Å². The zero-order valence-electron chi connectivity index (χ0n) is 28.9. The molecule has 0 fully saturated rings. The maximum atomic E-state index is 13.7. The number of nitrogen functional groups attached to an aromatic ring is 1. The van der Waals surface area contributed by atoms with Crippen molar-refractivity contribution in [3.63, 3.8) is 0 Å². The summed E-state index contributed by atoms with van der Waals surface area (Å²) >= 11 is 0. The molecule has 4 aliphatic rings. The molecule has 8 rings (SSSR count). The van der Waals surface area contributed by atoms with Crippen molar-refractivity contribution in [2.24, 2.45) is 9.98 Å². The number of aliphatic imine (C=N–C) groups is 2. The lowest BCUT2D eigenvalue weighted by molar-refractivity contribution is 0.0696. The summed E-state index contributed by atoms with van der Waals surface area (Å²) in [4.78, 5) is 40.6. The van der Waals surface area contributed by atoms with E-state index in [2.05, 4.69) is 12.1 Å². The number of methoxy groups -OCH3 is 1. The Morgan fingerprint density at radius 2 is 1.27 bits per heavy atom. The molecule has 260 valence electrons. The minimum Gasteiger partial charge on any atom is -0.493 e. The van der Waals surface area contributed by atoms with E-state index in [9.17, 15) is 9.59 Å². The number of nitrogens with two attached hydrogens (primary N) is 1. The van der Waals surface area contributed by atoms with E-state index in [1.165, 1.54) is 16.7 Å². The zero-order valence-corrected chi connectivity index (χ0v) is 28.9. The number of hydrogen-bond acceptors (Lipinski definition) is 8. The highest BCUT2D eigenvalue weighted by Crippen LogP contribution is 2.39. The summed E-state index contributed by atoms with van der Waals surface area (Å²) in [7, 11) is 1.58. The van der Waals surface area contributed by atoms with Gasteiger partial charge >= 0.3 is 0 Å². The Morgan fingerprint density at radius 1 is 0.686 bits per heavy atom. The first-order valence-corrected chi connectivity index (χ1v) is 17.6. The van der Waals surface area contributed by atoms with Crippen molar-refractivity contribution in [2.75, 3.05) is 26.1 Å². The van der Waals surface area contributed by atoms with Gasteiger partial charge in [-0.2, -0.15) is 0 Å². The molecule has 0 bridgehead atoms. The maximum absolute atomic E-state index is 13.7. The summed E-state index contributed by atoms with van der Waals surface area (Å²) in [5, 5.41) is 0. The van der Waals surface area contributed by atoms with Gasteiger partial charge in [0.25, 0.3) is 11.8 Å². The zero-order chi connectivity index (χ0) is 35.1. The van der Waals surface area contributed by atoms with Gasteiger partial charge in [0, 0.05) is 43.3 Å². The van der Waals surface area contributed by atoms with Gasteiger partial charge in [-0.15, -0.1) is 0 Å².